The van der Waals surface area contributed by atoms with Crippen molar-refractivity contribution in [2.75, 3.05) is 6.54 Å². The van der Waals surface area contributed by atoms with E-state index in [1.165, 1.54) is 6.07 Å². The van der Waals surface area contributed by atoms with Gasteiger partial charge in [0.2, 0.25) is 5.91 Å². The molecular formula is C13H14BrClFN3O. The van der Waals surface area contributed by atoms with Gasteiger partial charge in [-0.15, -0.1) is 11.6 Å². The first kappa shape index (κ1) is 15.3. The maximum absolute atomic E-state index is 13.5. The molecule has 0 unspecified atom stereocenters. The topological polar surface area (TPSA) is 46.9 Å². The molecule has 0 aliphatic heterocycles. The molecule has 2 aromatic rings. The Bertz CT molecular complexity index is 644. The zero-order valence-corrected chi connectivity index (χ0v) is 13.3. The highest BCUT2D eigenvalue weighted by atomic mass is 79.9. The Morgan fingerprint density at radius 1 is 1.55 bits per heavy atom. The van der Waals surface area contributed by atoms with Crippen LogP contribution in [-0.2, 0) is 17.2 Å². The Balaban J connectivity index is 2.39. The predicted octanol–water partition coefficient (Wildman–Crippen LogP) is 3.20. The number of hydrogen-bond acceptors (Lipinski definition) is 2. The van der Waals surface area contributed by atoms with Crippen molar-refractivity contribution in [2.45, 2.75) is 25.8 Å². The summed E-state index contributed by atoms with van der Waals surface area (Å²) >= 11 is 8.99. The number of rotatable bonds is 5. The van der Waals surface area contributed by atoms with Crippen LogP contribution in [0, 0.1) is 5.82 Å². The third-order valence-corrected chi connectivity index (χ3v) is 3.71. The van der Waals surface area contributed by atoms with Crippen LogP contribution in [0.5, 0.6) is 0 Å². The summed E-state index contributed by atoms with van der Waals surface area (Å²) in [5.74, 6) is 0.206. The Labute approximate surface area is 129 Å². The number of nitrogens with zero attached hydrogens (tertiary/aromatic N) is 2. The second kappa shape index (κ2) is 6.54. The lowest BCUT2D eigenvalue weighted by atomic mass is 10.3. The lowest BCUT2D eigenvalue weighted by Gasteiger charge is -2.08. The van der Waals surface area contributed by atoms with E-state index < -0.39 is 5.82 Å². The molecule has 1 heterocycles. The van der Waals surface area contributed by atoms with Gasteiger partial charge in [-0.1, -0.05) is 6.92 Å². The number of imidazole rings is 1. The highest BCUT2D eigenvalue weighted by Crippen LogP contribution is 2.24. The third-order valence-electron chi connectivity index (χ3n) is 2.86. The molecular weight excluding hydrogens is 349 g/mol. The second-order valence-electron chi connectivity index (χ2n) is 4.35. The van der Waals surface area contributed by atoms with Crippen molar-refractivity contribution in [3.8, 4) is 0 Å². The summed E-state index contributed by atoms with van der Waals surface area (Å²) in [6.45, 7) is 2.73. The summed E-state index contributed by atoms with van der Waals surface area (Å²) in [7, 11) is 0. The van der Waals surface area contributed by atoms with Crippen molar-refractivity contribution in [3.63, 3.8) is 0 Å². The van der Waals surface area contributed by atoms with Gasteiger partial charge in [0.25, 0.3) is 0 Å². The van der Waals surface area contributed by atoms with Crippen LogP contribution in [-0.4, -0.2) is 22.0 Å². The first-order chi connectivity index (χ1) is 9.56. The average Bonchev–Trinajstić information content (AvgIpc) is 2.74. The van der Waals surface area contributed by atoms with Crippen molar-refractivity contribution >= 4 is 44.5 Å². The van der Waals surface area contributed by atoms with Gasteiger partial charge in [0.1, 0.15) is 18.2 Å². The Kier molecular flexibility index (Phi) is 4.99. The standard InChI is InChI=1S/C13H14BrClFN3O/c1-2-3-17-13(20)7-19-11-4-8(14)9(16)5-10(11)18-12(19)6-15/h4-5H,2-3,6-7H2,1H3,(H,17,20). The van der Waals surface area contributed by atoms with E-state index >= 15 is 0 Å². The van der Waals surface area contributed by atoms with Crippen LogP contribution in [0.4, 0.5) is 4.39 Å². The molecule has 0 fully saturated rings. The lowest BCUT2D eigenvalue weighted by Crippen LogP contribution is -2.28. The number of hydrogen-bond donors (Lipinski definition) is 1. The third kappa shape index (κ3) is 3.12. The summed E-state index contributed by atoms with van der Waals surface area (Å²) in [4.78, 5) is 16.1. The van der Waals surface area contributed by atoms with Crippen molar-refractivity contribution in [3.05, 3.63) is 28.2 Å². The second-order valence-corrected chi connectivity index (χ2v) is 5.47. The first-order valence-electron chi connectivity index (χ1n) is 6.23. The quantitative estimate of drug-likeness (QED) is 0.830. The first-order valence-corrected chi connectivity index (χ1v) is 7.56. The molecule has 0 radical (unpaired) electrons. The van der Waals surface area contributed by atoms with Gasteiger partial charge in [0.15, 0.2) is 0 Å². The molecule has 1 aromatic carbocycles. The zero-order chi connectivity index (χ0) is 14.7. The minimum atomic E-state index is -0.390. The molecule has 20 heavy (non-hydrogen) atoms. The monoisotopic (exact) mass is 361 g/mol. The largest absolute Gasteiger partial charge is 0.355 e. The fourth-order valence-corrected chi connectivity index (χ4v) is 2.45. The number of halogens is 3. The normalized spacial score (nSPS) is 11.0. The molecule has 1 N–H and O–H groups in total. The van der Waals surface area contributed by atoms with Crippen molar-refractivity contribution in [1.29, 1.82) is 0 Å². The minimum Gasteiger partial charge on any atom is -0.355 e. The van der Waals surface area contributed by atoms with Crippen LogP contribution in [0.25, 0.3) is 11.0 Å². The molecule has 2 rings (SSSR count). The number of fused-ring (bicyclic) bond motifs is 1. The van der Waals surface area contributed by atoms with Gasteiger partial charge in [-0.3, -0.25) is 4.79 Å². The zero-order valence-electron chi connectivity index (χ0n) is 10.9. The molecule has 0 saturated carbocycles. The van der Waals surface area contributed by atoms with E-state index in [0.29, 0.717) is 27.9 Å². The maximum Gasteiger partial charge on any atom is 0.240 e. The number of alkyl halides is 1. The van der Waals surface area contributed by atoms with E-state index in [0.717, 1.165) is 6.42 Å². The summed E-state index contributed by atoms with van der Waals surface area (Å²) in [6, 6.07) is 2.94. The molecule has 1 aromatic heterocycles. The van der Waals surface area contributed by atoms with E-state index in [1.54, 1.807) is 10.6 Å². The molecule has 108 valence electrons. The van der Waals surface area contributed by atoms with Crippen LogP contribution in [0.1, 0.15) is 19.2 Å². The smallest absolute Gasteiger partial charge is 0.240 e. The summed E-state index contributed by atoms with van der Waals surface area (Å²) in [6.07, 6.45) is 0.871. The number of aromatic nitrogens is 2. The molecule has 0 bridgehead atoms. The Morgan fingerprint density at radius 3 is 2.95 bits per heavy atom. The molecule has 0 atom stereocenters. The fourth-order valence-electron chi connectivity index (χ4n) is 1.91. The van der Waals surface area contributed by atoms with E-state index in [-0.39, 0.29) is 18.3 Å². The molecule has 7 heteroatoms. The van der Waals surface area contributed by atoms with Crippen molar-refractivity contribution in [2.24, 2.45) is 0 Å². The molecule has 0 saturated heterocycles. The molecule has 0 aliphatic carbocycles. The molecule has 4 nitrogen and oxygen atoms in total. The fraction of sp³-hybridized carbons (Fsp3) is 0.385. The minimum absolute atomic E-state index is 0.113. The van der Waals surface area contributed by atoms with Crippen LogP contribution in [0.3, 0.4) is 0 Å². The number of carbonyl (C=O) groups is 1. The van der Waals surface area contributed by atoms with E-state index in [4.69, 9.17) is 11.6 Å². The van der Waals surface area contributed by atoms with Gasteiger partial charge >= 0.3 is 0 Å². The lowest BCUT2D eigenvalue weighted by molar-refractivity contribution is -0.121. The highest BCUT2D eigenvalue weighted by molar-refractivity contribution is 9.10. The number of benzene rings is 1. The number of nitrogens with one attached hydrogen (secondary N) is 1. The van der Waals surface area contributed by atoms with Crippen LogP contribution in [0.2, 0.25) is 0 Å². The van der Waals surface area contributed by atoms with Gasteiger partial charge in [-0.25, -0.2) is 9.37 Å². The van der Waals surface area contributed by atoms with Crippen LogP contribution >= 0.6 is 27.5 Å². The molecule has 0 aliphatic rings. The summed E-state index contributed by atoms with van der Waals surface area (Å²) in [5.41, 5.74) is 1.17. The molecule has 0 spiro atoms. The number of carbonyl (C=O) groups excluding carboxylic acids is 1. The van der Waals surface area contributed by atoms with Crippen LogP contribution < -0.4 is 5.32 Å². The summed E-state index contributed by atoms with van der Waals surface area (Å²) in [5, 5.41) is 2.80. The highest BCUT2D eigenvalue weighted by Gasteiger charge is 2.15. The van der Waals surface area contributed by atoms with Gasteiger partial charge in [0.05, 0.1) is 21.4 Å². The van der Waals surface area contributed by atoms with E-state index in [2.05, 4.69) is 26.2 Å². The Morgan fingerprint density at radius 2 is 2.30 bits per heavy atom. The van der Waals surface area contributed by atoms with E-state index in [1.807, 2.05) is 6.92 Å². The van der Waals surface area contributed by atoms with Gasteiger partial charge in [0, 0.05) is 12.6 Å². The van der Waals surface area contributed by atoms with Crippen LogP contribution in [0.15, 0.2) is 16.6 Å². The van der Waals surface area contributed by atoms with Crippen molar-refractivity contribution < 1.29 is 9.18 Å². The predicted molar refractivity (Wildman–Crippen MR) is 80.2 cm³/mol. The SMILES string of the molecule is CCCNC(=O)Cn1c(CCl)nc2cc(F)c(Br)cc21. The van der Waals surface area contributed by atoms with Gasteiger partial charge in [-0.05, 0) is 28.4 Å². The van der Waals surface area contributed by atoms with Crippen molar-refractivity contribution in [1.82, 2.24) is 14.9 Å². The maximum atomic E-state index is 13.5. The average molecular weight is 363 g/mol. The number of amides is 1. The molecule has 1 amide bonds. The van der Waals surface area contributed by atoms with E-state index in [9.17, 15) is 9.18 Å². The summed E-state index contributed by atoms with van der Waals surface area (Å²) < 4.78 is 15.6. The Hall–Kier alpha value is -1.14. The van der Waals surface area contributed by atoms with Gasteiger partial charge in [-0.2, -0.15) is 0 Å². The van der Waals surface area contributed by atoms with Gasteiger partial charge < -0.3 is 9.88 Å².